The Hall–Kier alpha value is -4.82. The lowest BCUT2D eigenvalue weighted by Crippen LogP contribution is -2.63. The van der Waals surface area contributed by atoms with E-state index in [0.717, 1.165) is 36.3 Å². The van der Waals surface area contributed by atoms with Crippen molar-refractivity contribution in [3.05, 3.63) is 164 Å². The molecule has 0 N–H and O–H groups in total. The van der Waals surface area contributed by atoms with Gasteiger partial charge in [0.1, 0.15) is 11.5 Å². The molecule has 15 nitrogen and oxygen atoms in total. The fourth-order valence-electron chi connectivity index (χ4n) is 11.5. The van der Waals surface area contributed by atoms with Gasteiger partial charge in [-0.2, -0.15) is 8.42 Å². The Morgan fingerprint density at radius 3 is 1.53 bits per heavy atom. The summed E-state index contributed by atoms with van der Waals surface area (Å²) in [5.41, 5.74) is 3.53. The molecule has 0 radical (unpaired) electrons. The van der Waals surface area contributed by atoms with Gasteiger partial charge in [-0.1, -0.05) is 102 Å². The van der Waals surface area contributed by atoms with Crippen LogP contribution in [0, 0.1) is 11.3 Å². The molecule has 78 heavy (non-hydrogen) atoms. The number of para-hydroxylation sites is 2. The number of ether oxygens (including phenoxy) is 2. The van der Waals surface area contributed by atoms with Gasteiger partial charge >= 0.3 is 0 Å². The van der Waals surface area contributed by atoms with Crippen LogP contribution in [0.5, 0.6) is 11.5 Å². The van der Waals surface area contributed by atoms with Crippen molar-refractivity contribution in [1.29, 1.82) is 0 Å². The highest BCUT2D eigenvalue weighted by molar-refractivity contribution is 7.86. The van der Waals surface area contributed by atoms with Gasteiger partial charge in [0, 0.05) is 81.7 Å². The van der Waals surface area contributed by atoms with E-state index in [9.17, 15) is 18.0 Å². The van der Waals surface area contributed by atoms with Crippen LogP contribution in [0.15, 0.2) is 110 Å². The molecule has 420 valence electrons. The van der Waals surface area contributed by atoms with Crippen molar-refractivity contribution in [2.45, 2.75) is 89.1 Å². The highest BCUT2D eigenvalue weighted by atomic mass is 35.5. The van der Waals surface area contributed by atoms with Crippen molar-refractivity contribution in [1.82, 2.24) is 19.1 Å². The molecule has 1 aliphatic carbocycles. The van der Waals surface area contributed by atoms with Gasteiger partial charge in [0.15, 0.2) is 11.6 Å². The summed E-state index contributed by atoms with van der Waals surface area (Å²) in [5.74, 6) is 2.19. The fraction of sp³-hybridized carbons (Fsp3) is 0.439. The number of aromatic nitrogens is 4. The summed E-state index contributed by atoms with van der Waals surface area (Å²) < 4.78 is 70.7. The Morgan fingerprint density at radius 1 is 0.667 bits per heavy atom. The van der Waals surface area contributed by atoms with Crippen LogP contribution in [0.1, 0.15) is 120 Å². The molecule has 6 aromatic rings. The number of benzene rings is 4. The molecule has 0 amide bonds. The van der Waals surface area contributed by atoms with Crippen LogP contribution in [-0.4, -0.2) is 116 Å². The Balaban J connectivity index is 0.000000214. The summed E-state index contributed by atoms with van der Waals surface area (Å²) in [6.45, 7) is 6.07. The van der Waals surface area contributed by atoms with Crippen molar-refractivity contribution >= 4 is 78.2 Å². The van der Waals surface area contributed by atoms with Gasteiger partial charge in [-0.15, -0.1) is 0 Å². The quantitative estimate of drug-likeness (QED) is 0.0305. The molecule has 3 saturated heterocycles. The molecule has 1 saturated carbocycles. The molecule has 4 aliphatic rings. The fourth-order valence-corrected chi connectivity index (χ4v) is 12.5. The normalized spacial score (nSPS) is 19.1. The molecule has 10 rings (SSSR count). The third-order valence-corrected chi connectivity index (χ3v) is 17.7. The highest BCUT2D eigenvalue weighted by Crippen LogP contribution is 2.53. The van der Waals surface area contributed by atoms with Crippen LogP contribution >= 0.6 is 46.4 Å². The number of carbonyl (C=O) groups is 2. The number of quaternary nitrogens is 1. The molecular formula is C57H67Cl4N5O10S2. The second-order valence-corrected chi connectivity index (χ2v) is 25.3. The van der Waals surface area contributed by atoms with Crippen LogP contribution in [0.2, 0.25) is 20.1 Å². The van der Waals surface area contributed by atoms with Crippen molar-refractivity contribution in [2.24, 2.45) is 11.3 Å². The molecule has 21 heteroatoms. The molecule has 5 heterocycles. The first-order valence-corrected chi connectivity index (χ1v) is 31.1. The summed E-state index contributed by atoms with van der Waals surface area (Å²) in [5, 5.41) is 1.94. The summed E-state index contributed by atoms with van der Waals surface area (Å²) in [7, 11) is -4.40. The molecule has 2 unspecified atom stereocenters. The van der Waals surface area contributed by atoms with Gasteiger partial charge in [-0.05, 0) is 90.3 Å². The molecule has 0 spiro atoms. The lowest BCUT2D eigenvalue weighted by molar-refractivity contribution is -0.946. The number of rotatable bonds is 20. The van der Waals surface area contributed by atoms with Crippen LogP contribution in [0.4, 0.5) is 0 Å². The zero-order valence-corrected chi connectivity index (χ0v) is 48.9. The molecule has 2 atom stereocenters. The minimum atomic E-state index is -3.92. The van der Waals surface area contributed by atoms with Gasteiger partial charge < -0.3 is 27.6 Å². The van der Waals surface area contributed by atoms with E-state index >= 15 is 0 Å². The maximum absolute atomic E-state index is 13.6. The van der Waals surface area contributed by atoms with Crippen molar-refractivity contribution in [3.8, 4) is 11.5 Å². The van der Waals surface area contributed by atoms with Crippen molar-refractivity contribution in [2.75, 3.05) is 59.5 Å². The number of imidazole rings is 2. The number of hydrogen-bond acceptors (Lipinski definition) is 12. The van der Waals surface area contributed by atoms with E-state index in [-0.39, 0.29) is 35.8 Å². The monoisotopic (exact) mass is 1190 g/mol. The number of ketones is 2. The van der Waals surface area contributed by atoms with Gasteiger partial charge in [0.2, 0.25) is 11.6 Å². The Morgan fingerprint density at radius 2 is 1.10 bits per heavy atom. The van der Waals surface area contributed by atoms with Crippen LogP contribution in [0.3, 0.4) is 0 Å². The second-order valence-electron chi connectivity index (χ2n) is 20.6. The predicted molar refractivity (Wildman–Crippen MR) is 304 cm³/mol. The van der Waals surface area contributed by atoms with E-state index in [2.05, 4.69) is 16.0 Å². The minimum absolute atomic E-state index is 0.0196. The van der Waals surface area contributed by atoms with Gasteiger partial charge in [-0.25, -0.2) is 18.4 Å². The largest absolute Gasteiger partial charge is 0.748 e. The number of fused-ring (bicyclic) bond motifs is 3. The topological polar surface area (TPSA) is 189 Å². The third kappa shape index (κ3) is 16.2. The van der Waals surface area contributed by atoms with Crippen molar-refractivity contribution < 1.29 is 49.1 Å². The molecular weight excluding hydrogens is 1120 g/mol. The first-order valence-electron chi connectivity index (χ1n) is 26.0. The van der Waals surface area contributed by atoms with E-state index in [1.54, 1.807) is 72.7 Å². The van der Waals surface area contributed by atoms with Gasteiger partial charge in [0.05, 0.1) is 94.6 Å². The van der Waals surface area contributed by atoms with Crippen LogP contribution in [-0.2, 0) is 37.5 Å². The third-order valence-electron chi connectivity index (χ3n) is 15.6. The lowest BCUT2D eigenvalue weighted by atomic mass is 9.59. The second kappa shape index (κ2) is 27.1. The first kappa shape index (κ1) is 60.8. The van der Waals surface area contributed by atoms with E-state index < -0.39 is 20.2 Å². The Labute approximate surface area is 478 Å². The van der Waals surface area contributed by atoms with Crippen LogP contribution in [0.25, 0.3) is 0 Å². The average molecular weight is 1190 g/mol. The van der Waals surface area contributed by atoms with E-state index in [0.29, 0.717) is 79.7 Å². The number of hydrogen-bond donors (Lipinski definition) is 0. The summed E-state index contributed by atoms with van der Waals surface area (Å²) >= 11 is 25.1. The molecule has 2 aromatic heterocycles. The number of piperidine rings is 3. The standard InChI is InChI=1S/C34H42Cl2N3O2.C22H22Cl2N2O5S.CH4O3S/c1-41-31-10-6-5-9-28(31)32(40)33-37-17-18-38(33)24-26(25-11-12-29(35)30(36)23-25)13-19-39-20-14-34(15-21-39,16-22-39)27-7-3-2-4-8-27;1-30-20-6-4-3-5-17(20)21(27)22-25-10-11-26(22)14-16(9-12-31-32(2,28)29)15-7-8-18(23)19(24)13-15;1-5(2,3)4/h5-6,9-12,17-18,23,26-27H,2-4,7-8,13-16,19-22,24H2,1H3;3-8,10-11,13,16H,9,12,14H2,1-2H3;1H3,(H,2,3,4)/q+1;;/p-1. The average Bonchev–Trinajstić information content (AvgIpc) is 4.19. The van der Waals surface area contributed by atoms with E-state index in [1.807, 2.05) is 47.2 Å². The number of methoxy groups -OCH3 is 2. The summed E-state index contributed by atoms with van der Waals surface area (Å²) in [6, 6.07) is 25.5. The number of carbonyl (C=O) groups excluding carboxylic acids is 2. The highest BCUT2D eigenvalue weighted by Gasteiger charge is 2.52. The summed E-state index contributed by atoms with van der Waals surface area (Å²) in [4.78, 5) is 35.5. The lowest BCUT2D eigenvalue weighted by Gasteiger charge is -2.58. The molecule has 4 fully saturated rings. The van der Waals surface area contributed by atoms with Crippen molar-refractivity contribution in [3.63, 3.8) is 0 Å². The van der Waals surface area contributed by atoms with E-state index in [1.165, 1.54) is 82.6 Å². The van der Waals surface area contributed by atoms with Gasteiger partial charge in [-0.3, -0.25) is 13.8 Å². The smallest absolute Gasteiger partial charge is 0.264 e. The maximum atomic E-state index is 13.6. The van der Waals surface area contributed by atoms with E-state index in [4.69, 9.17) is 73.0 Å². The number of nitrogens with zero attached hydrogens (tertiary/aromatic N) is 5. The Kier molecular flexibility index (Phi) is 21.1. The minimum Gasteiger partial charge on any atom is -0.748 e. The molecule has 2 bridgehead atoms. The Bertz CT molecular complexity index is 3220. The zero-order chi connectivity index (χ0) is 56.3. The predicted octanol–water partition coefficient (Wildman–Crippen LogP) is 11.9. The number of halogens is 4. The SMILES string of the molecule is COc1ccccc1C(=O)c1nccn1CC(CCOS(C)(=O)=O)c1ccc(Cl)c(Cl)c1.COc1ccccc1C(=O)c1nccn1CC(CC[N+]12CCC(C3CCCCC3)(CC1)CC2)c1ccc(Cl)c(Cl)c1.CS(=O)(=O)[O-]. The zero-order valence-electron chi connectivity index (χ0n) is 44.3. The first-order chi connectivity index (χ1) is 37.1. The molecule has 4 aromatic carbocycles. The summed E-state index contributed by atoms with van der Waals surface area (Å²) in [6.07, 6.45) is 21.3. The van der Waals surface area contributed by atoms with Gasteiger partial charge in [0.25, 0.3) is 10.1 Å². The maximum Gasteiger partial charge on any atom is 0.264 e. The van der Waals surface area contributed by atoms with Crippen LogP contribution < -0.4 is 9.47 Å². The molecule has 3 aliphatic heterocycles.